The third-order valence-corrected chi connectivity index (χ3v) is 5.39. The van der Waals surface area contributed by atoms with Crippen LogP contribution in [0.3, 0.4) is 0 Å². The van der Waals surface area contributed by atoms with E-state index in [0.29, 0.717) is 5.56 Å². The van der Waals surface area contributed by atoms with Gasteiger partial charge in [-0.05, 0) is 46.1 Å². The molecule has 0 spiro atoms. The molecule has 1 amide bonds. The molecule has 1 aliphatic heterocycles. The average molecular weight is 366 g/mol. The highest BCUT2D eigenvalue weighted by Gasteiger charge is 2.23. The fourth-order valence-electron chi connectivity index (χ4n) is 2.41. The minimum absolute atomic E-state index is 0.0230. The van der Waals surface area contributed by atoms with E-state index in [0.717, 1.165) is 17.7 Å². The molecule has 21 heavy (non-hydrogen) atoms. The lowest BCUT2D eigenvalue weighted by Crippen LogP contribution is -2.31. The number of hydrogen-bond donors (Lipinski definition) is 1. The van der Waals surface area contributed by atoms with Gasteiger partial charge in [-0.25, -0.2) is 4.39 Å². The van der Waals surface area contributed by atoms with Crippen LogP contribution in [0.15, 0.2) is 51.8 Å². The smallest absolute Gasteiger partial charge is 0.253 e. The van der Waals surface area contributed by atoms with Crippen molar-refractivity contribution in [3.63, 3.8) is 0 Å². The zero-order valence-electron chi connectivity index (χ0n) is 11.1. The lowest BCUT2D eigenvalue weighted by atomic mass is 10.0. The van der Waals surface area contributed by atoms with Gasteiger partial charge in [0, 0.05) is 10.6 Å². The molecule has 2 nitrogen and oxygen atoms in total. The van der Waals surface area contributed by atoms with Gasteiger partial charge in [0.15, 0.2) is 0 Å². The topological polar surface area (TPSA) is 29.1 Å². The molecule has 2 aromatic rings. The lowest BCUT2D eigenvalue weighted by molar-refractivity contribution is 0.0933. The maximum atomic E-state index is 13.5. The standard InChI is InChI=1S/C16H13BrFNOS/c17-15-11(5-3-6-12(15)18)16(20)19-13-8-9-21-14-7-2-1-4-10(13)14/h1-7,13H,8-9H2,(H,19,20). The van der Waals surface area contributed by atoms with E-state index in [-0.39, 0.29) is 16.4 Å². The van der Waals surface area contributed by atoms with E-state index in [1.54, 1.807) is 23.9 Å². The number of benzene rings is 2. The third kappa shape index (κ3) is 2.99. The van der Waals surface area contributed by atoms with Crippen molar-refractivity contribution in [2.24, 2.45) is 0 Å². The minimum atomic E-state index is -0.428. The van der Waals surface area contributed by atoms with Crippen molar-refractivity contribution >= 4 is 33.6 Å². The summed E-state index contributed by atoms with van der Waals surface area (Å²) in [4.78, 5) is 13.6. The first kappa shape index (κ1) is 14.6. The highest BCUT2D eigenvalue weighted by molar-refractivity contribution is 9.10. The largest absolute Gasteiger partial charge is 0.345 e. The summed E-state index contributed by atoms with van der Waals surface area (Å²) in [5.74, 6) is 0.280. The fourth-order valence-corrected chi connectivity index (χ4v) is 3.98. The van der Waals surface area contributed by atoms with Crippen LogP contribution in [0.25, 0.3) is 0 Å². The highest BCUT2D eigenvalue weighted by atomic mass is 79.9. The van der Waals surface area contributed by atoms with Gasteiger partial charge in [0.2, 0.25) is 0 Å². The number of thioether (sulfide) groups is 1. The summed E-state index contributed by atoms with van der Waals surface area (Å²) in [6, 6.07) is 12.5. The Morgan fingerprint density at radius 1 is 1.24 bits per heavy atom. The second kappa shape index (κ2) is 6.20. The average Bonchev–Trinajstić information content (AvgIpc) is 2.50. The summed E-state index contributed by atoms with van der Waals surface area (Å²) in [6.45, 7) is 0. The number of nitrogens with one attached hydrogen (secondary N) is 1. The van der Waals surface area contributed by atoms with Gasteiger partial charge in [-0.3, -0.25) is 4.79 Å². The van der Waals surface area contributed by atoms with Gasteiger partial charge in [-0.2, -0.15) is 0 Å². The Labute approximate surface area is 135 Å². The van der Waals surface area contributed by atoms with Gasteiger partial charge in [-0.15, -0.1) is 11.8 Å². The van der Waals surface area contributed by atoms with Gasteiger partial charge in [-0.1, -0.05) is 24.3 Å². The van der Waals surface area contributed by atoms with Crippen LogP contribution < -0.4 is 5.32 Å². The molecule has 0 aliphatic carbocycles. The van der Waals surface area contributed by atoms with Gasteiger partial charge in [0.25, 0.3) is 5.91 Å². The maximum Gasteiger partial charge on any atom is 0.253 e. The Balaban J connectivity index is 1.85. The Hall–Kier alpha value is -1.33. The van der Waals surface area contributed by atoms with Crippen LogP contribution in [0.5, 0.6) is 0 Å². The third-order valence-electron chi connectivity index (χ3n) is 3.46. The molecule has 0 saturated heterocycles. The summed E-state index contributed by atoms with van der Waals surface area (Å²) >= 11 is 4.94. The van der Waals surface area contributed by atoms with Crippen LogP contribution in [0.1, 0.15) is 28.4 Å². The van der Waals surface area contributed by atoms with Crippen LogP contribution in [-0.2, 0) is 0 Å². The number of halogens is 2. The van der Waals surface area contributed by atoms with Gasteiger partial charge >= 0.3 is 0 Å². The monoisotopic (exact) mass is 365 g/mol. The Morgan fingerprint density at radius 2 is 2.05 bits per heavy atom. The van der Waals surface area contributed by atoms with E-state index < -0.39 is 5.82 Å². The summed E-state index contributed by atoms with van der Waals surface area (Å²) in [5.41, 5.74) is 1.46. The molecular weight excluding hydrogens is 353 g/mol. The van der Waals surface area contributed by atoms with Crippen LogP contribution in [0, 0.1) is 5.82 Å². The van der Waals surface area contributed by atoms with Crippen molar-refractivity contribution in [3.8, 4) is 0 Å². The Bertz CT molecular complexity index is 692. The zero-order chi connectivity index (χ0) is 14.8. The van der Waals surface area contributed by atoms with E-state index in [1.165, 1.54) is 11.0 Å². The van der Waals surface area contributed by atoms with Gasteiger partial charge in [0.05, 0.1) is 16.1 Å². The predicted octanol–water partition coefficient (Wildman–Crippen LogP) is 4.56. The molecule has 2 aromatic carbocycles. The van der Waals surface area contributed by atoms with E-state index in [4.69, 9.17) is 0 Å². The van der Waals surface area contributed by atoms with Crippen molar-refractivity contribution in [1.29, 1.82) is 0 Å². The Kier molecular flexibility index (Phi) is 4.31. The molecule has 1 unspecified atom stereocenters. The highest BCUT2D eigenvalue weighted by Crippen LogP contribution is 2.36. The van der Waals surface area contributed by atoms with Crippen LogP contribution in [-0.4, -0.2) is 11.7 Å². The van der Waals surface area contributed by atoms with Crippen molar-refractivity contribution in [3.05, 3.63) is 63.9 Å². The molecule has 0 radical (unpaired) electrons. The van der Waals surface area contributed by atoms with E-state index in [2.05, 4.69) is 27.3 Å². The molecule has 108 valence electrons. The second-order valence-corrected chi connectivity index (χ2v) is 6.73. The van der Waals surface area contributed by atoms with Crippen LogP contribution in [0.4, 0.5) is 4.39 Å². The fraction of sp³-hybridized carbons (Fsp3) is 0.188. The Morgan fingerprint density at radius 3 is 2.90 bits per heavy atom. The zero-order valence-corrected chi connectivity index (χ0v) is 13.5. The summed E-state index contributed by atoms with van der Waals surface area (Å²) in [5, 5.41) is 3.01. The van der Waals surface area contributed by atoms with Gasteiger partial charge < -0.3 is 5.32 Å². The first-order valence-corrected chi connectivity index (χ1v) is 8.41. The van der Waals surface area contributed by atoms with Gasteiger partial charge in [0.1, 0.15) is 5.82 Å². The normalized spacial score (nSPS) is 17.1. The quantitative estimate of drug-likeness (QED) is 0.845. The lowest BCUT2D eigenvalue weighted by Gasteiger charge is -2.26. The first-order valence-electron chi connectivity index (χ1n) is 6.63. The predicted molar refractivity (Wildman–Crippen MR) is 86.1 cm³/mol. The van der Waals surface area contributed by atoms with Crippen LogP contribution >= 0.6 is 27.7 Å². The van der Waals surface area contributed by atoms with E-state index >= 15 is 0 Å². The van der Waals surface area contributed by atoms with E-state index in [9.17, 15) is 9.18 Å². The van der Waals surface area contributed by atoms with Crippen molar-refractivity contribution < 1.29 is 9.18 Å². The molecule has 5 heteroatoms. The molecule has 0 bridgehead atoms. The number of hydrogen-bond acceptors (Lipinski definition) is 2. The van der Waals surface area contributed by atoms with Crippen LogP contribution in [0.2, 0.25) is 0 Å². The molecule has 1 heterocycles. The van der Waals surface area contributed by atoms with Crippen molar-refractivity contribution in [2.45, 2.75) is 17.4 Å². The number of amides is 1. The summed E-state index contributed by atoms with van der Waals surface area (Å²) in [7, 11) is 0. The number of carbonyl (C=O) groups is 1. The second-order valence-electron chi connectivity index (χ2n) is 4.80. The molecule has 3 rings (SSSR count). The number of fused-ring (bicyclic) bond motifs is 1. The molecular formula is C16H13BrFNOS. The summed E-state index contributed by atoms with van der Waals surface area (Å²) in [6.07, 6.45) is 0.875. The minimum Gasteiger partial charge on any atom is -0.345 e. The maximum absolute atomic E-state index is 13.5. The molecule has 0 saturated carbocycles. The molecule has 0 aromatic heterocycles. The molecule has 0 fully saturated rings. The number of rotatable bonds is 2. The van der Waals surface area contributed by atoms with E-state index in [1.807, 2.05) is 18.2 Å². The van der Waals surface area contributed by atoms with Crippen molar-refractivity contribution in [2.75, 3.05) is 5.75 Å². The van der Waals surface area contributed by atoms with Crippen molar-refractivity contribution in [1.82, 2.24) is 5.32 Å². The first-order chi connectivity index (χ1) is 10.2. The SMILES string of the molecule is O=C(NC1CCSc2ccccc21)c1cccc(F)c1Br. The number of carbonyl (C=O) groups excluding carboxylic acids is 1. The summed E-state index contributed by atoms with van der Waals surface area (Å²) < 4.78 is 13.7. The molecule has 1 aliphatic rings. The molecule has 1 atom stereocenters. The molecule has 1 N–H and O–H groups in total.